The van der Waals surface area contributed by atoms with Crippen LogP contribution < -0.4 is 9.47 Å². The van der Waals surface area contributed by atoms with Crippen LogP contribution >= 0.6 is 0 Å². The molecule has 2 aromatic carbocycles. The minimum Gasteiger partial charge on any atom is -0.494 e. The second kappa shape index (κ2) is 8.39. The lowest BCUT2D eigenvalue weighted by Crippen LogP contribution is -2.23. The first-order chi connectivity index (χ1) is 10.7. The Bertz CT molecular complexity index is 554. The van der Waals surface area contributed by atoms with E-state index in [0.717, 1.165) is 18.8 Å². The van der Waals surface area contributed by atoms with Crippen LogP contribution in [0, 0.1) is 5.82 Å². The Hall–Kier alpha value is -2.07. The van der Waals surface area contributed by atoms with Crippen LogP contribution in [0.15, 0.2) is 48.5 Å². The lowest BCUT2D eigenvalue weighted by Gasteiger charge is -2.17. The van der Waals surface area contributed by atoms with Crippen LogP contribution in [0.1, 0.15) is 12.5 Å². The Labute approximate surface area is 131 Å². The van der Waals surface area contributed by atoms with E-state index >= 15 is 0 Å². The topological polar surface area (TPSA) is 21.7 Å². The summed E-state index contributed by atoms with van der Waals surface area (Å²) in [6.45, 7) is 4.87. The molecule has 0 unspecified atom stereocenters. The summed E-state index contributed by atoms with van der Waals surface area (Å²) >= 11 is 0. The summed E-state index contributed by atoms with van der Waals surface area (Å²) < 4.78 is 23.8. The van der Waals surface area contributed by atoms with Gasteiger partial charge in [0.05, 0.1) is 6.61 Å². The average molecular weight is 303 g/mol. The van der Waals surface area contributed by atoms with Gasteiger partial charge in [0.25, 0.3) is 0 Å². The third kappa shape index (κ3) is 5.37. The van der Waals surface area contributed by atoms with E-state index in [4.69, 9.17) is 9.47 Å². The molecular weight excluding hydrogens is 281 g/mol. The van der Waals surface area contributed by atoms with Crippen molar-refractivity contribution in [2.24, 2.45) is 0 Å². The number of ether oxygens (including phenoxy) is 2. The van der Waals surface area contributed by atoms with E-state index in [1.807, 2.05) is 26.1 Å². The fourth-order valence-corrected chi connectivity index (χ4v) is 2.10. The van der Waals surface area contributed by atoms with Gasteiger partial charge in [-0.2, -0.15) is 0 Å². The van der Waals surface area contributed by atoms with Crippen LogP contribution in [0.25, 0.3) is 0 Å². The van der Waals surface area contributed by atoms with Crippen molar-refractivity contribution in [1.82, 2.24) is 4.90 Å². The van der Waals surface area contributed by atoms with E-state index in [1.165, 1.54) is 17.7 Å². The zero-order chi connectivity index (χ0) is 15.8. The summed E-state index contributed by atoms with van der Waals surface area (Å²) in [6.07, 6.45) is 0. The van der Waals surface area contributed by atoms with Gasteiger partial charge >= 0.3 is 0 Å². The number of benzene rings is 2. The molecule has 0 amide bonds. The van der Waals surface area contributed by atoms with Crippen molar-refractivity contribution >= 4 is 0 Å². The highest BCUT2D eigenvalue weighted by molar-refractivity contribution is 5.27. The largest absolute Gasteiger partial charge is 0.494 e. The monoisotopic (exact) mass is 303 g/mol. The Kier molecular flexibility index (Phi) is 6.22. The van der Waals surface area contributed by atoms with Gasteiger partial charge in [0.15, 0.2) is 0 Å². The van der Waals surface area contributed by atoms with Crippen molar-refractivity contribution in [3.8, 4) is 11.5 Å². The molecule has 2 aromatic rings. The third-order valence-corrected chi connectivity index (χ3v) is 3.24. The highest BCUT2D eigenvalue weighted by Gasteiger charge is 2.02. The van der Waals surface area contributed by atoms with Gasteiger partial charge in [-0.15, -0.1) is 0 Å². The lowest BCUT2D eigenvalue weighted by atomic mass is 10.2. The predicted octanol–water partition coefficient (Wildman–Crippen LogP) is 3.74. The summed E-state index contributed by atoms with van der Waals surface area (Å²) in [5.74, 6) is 1.34. The minimum atomic E-state index is -0.250. The molecule has 0 aliphatic heterocycles. The maximum atomic E-state index is 12.8. The van der Waals surface area contributed by atoms with Gasteiger partial charge in [0.1, 0.15) is 23.9 Å². The summed E-state index contributed by atoms with van der Waals surface area (Å²) in [7, 11) is 2.05. The van der Waals surface area contributed by atoms with E-state index < -0.39 is 0 Å². The van der Waals surface area contributed by atoms with Crippen molar-refractivity contribution in [3.63, 3.8) is 0 Å². The van der Waals surface area contributed by atoms with Crippen LogP contribution in [0.2, 0.25) is 0 Å². The Balaban J connectivity index is 1.73. The zero-order valence-electron chi connectivity index (χ0n) is 13.1. The van der Waals surface area contributed by atoms with E-state index in [1.54, 1.807) is 12.1 Å². The van der Waals surface area contributed by atoms with Crippen molar-refractivity contribution < 1.29 is 13.9 Å². The van der Waals surface area contributed by atoms with E-state index in [9.17, 15) is 4.39 Å². The van der Waals surface area contributed by atoms with Crippen LogP contribution in [0.5, 0.6) is 11.5 Å². The zero-order valence-corrected chi connectivity index (χ0v) is 13.1. The van der Waals surface area contributed by atoms with Crippen molar-refractivity contribution in [3.05, 3.63) is 59.9 Å². The molecule has 0 fully saturated rings. The highest BCUT2D eigenvalue weighted by atomic mass is 19.1. The Morgan fingerprint density at radius 2 is 1.50 bits per heavy atom. The second-order valence-corrected chi connectivity index (χ2v) is 5.12. The molecule has 0 saturated carbocycles. The third-order valence-electron chi connectivity index (χ3n) is 3.24. The van der Waals surface area contributed by atoms with Crippen molar-refractivity contribution in [2.45, 2.75) is 13.5 Å². The van der Waals surface area contributed by atoms with Gasteiger partial charge in [0.2, 0.25) is 0 Å². The fourth-order valence-electron chi connectivity index (χ4n) is 2.10. The van der Waals surface area contributed by atoms with Gasteiger partial charge in [-0.3, -0.25) is 4.90 Å². The quantitative estimate of drug-likeness (QED) is 0.741. The number of likely N-dealkylation sites (N-methyl/N-ethyl adjacent to an activating group) is 1. The first-order valence-electron chi connectivity index (χ1n) is 7.46. The second-order valence-electron chi connectivity index (χ2n) is 5.12. The summed E-state index contributed by atoms with van der Waals surface area (Å²) in [5.41, 5.74) is 1.23. The molecule has 22 heavy (non-hydrogen) atoms. The number of rotatable bonds is 8. The van der Waals surface area contributed by atoms with Crippen LogP contribution in [0.4, 0.5) is 4.39 Å². The fraction of sp³-hybridized carbons (Fsp3) is 0.333. The Morgan fingerprint density at radius 1 is 0.909 bits per heavy atom. The van der Waals surface area contributed by atoms with Gasteiger partial charge in [-0.1, -0.05) is 12.1 Å². The average Bonchev–Trinajstić information content (AvgIpc) is 2.51. The normalized spacial score (nSPS) is 10.7. The molecule has 0 bridgehead atoms. The SMILES string of the molecule is CCOc1ccc(CN(C)CCOc2ccc(F)cc2)cc1. The molecule has 0 atom stereocenters. The maximum Gasteiger partial charge on any atom is 0.123 e. The molecule has 4 heteroatoms. The molecule has 0 saturated heterocycles. The molecule has 0 aliphatic rings. The molecule has 0 radical (unpaired) electrons. The first-order valence-corrected chi connectivity index (χ1v) is 7.46. The van der Waals surface area contributed by atoms with E-state index in [2.05, 4.69) is 17.0 Å². The van der Waals surface area contributed by atoms with E-state index in [0.29, 0.717) is 19.0 Å². The molecular formula is C18H22FNO2. The number of hydrogen-bond acceptors (Lipinski definition) is 3. The van der Waals surface area contributed by atoms with Crippen molar-refractivity contribution in [2.75, 3.05) is 26.8 Å². The minimum absolute atomic E-state index is 0.250. The molecule has 0 N–H and O–H groups in total. The number of halogens is 1. The summed E-state index contributed by atoms with van der Waals surface area (Å²) in [4.78, 5) is 2.18. The van der Waals surface area contributed by atoms with Crippen LogP contribution in [0.3, 0.4) is 0 Å². The van der Waals surface area contributed by atoms with Gasteiger partial charge < -0.3 is 9.47 Å². The highest BCUT2D eigenvalue weighted by Crippen LogP contribution is 2.14. The smallest absolute Gasteiger partial charge is 0.123 e. The molecule has 0 aliphatic carbocycles. The van der Waals surface area contributed by atoms with Gasteiger partial charge in [0, 0.05) is 13.1 Å². The van der Waals surface area contributed by atoms with E-state index in [-0.39, 0.29) is 5.82 Å². The molecule has 0 aromatic heterocycles. The maximum absolute atomic E-state index is 12.8. The van der Waals surface area contributed by atoms with Gasteiger partial charge in [-0.05, 0) is 55.9 Å². The van der Waals surface area contributed by atoms with Gasteiger partial charge in [-0.25, -0.2) is 4.39 Å². The van der Waals surface area contributed by atoms with Crippen LogP contribution in [-0.2, 0) is 6.54 Å². The van der Waals surface area contributed by atoms with Crippen LogP contribution in [-0.4, -0.2) is 31.7 Å². The molecule has 0 heterocycles. The summed E-state index contributed by atoms with van der Waals surface area (Å²) in [5, 5.41) is 0. The molecule has 118 valence electrons. The predicted molar refractivity (Wildman–Crippen MR) is 85.8 cm³/mol. The Morgan fingerprint density at radius 3 is 2.14 bits per heavy atom. The summed E-state index contributed by atoms with van der Waals surface area (Å²) in [6, 6.07) is 14.2. The number of hydrogen-bond donors (Lipinski definition) is 0. The molecule has 3 nitrogen and oxygen atoms in total. The first kappa shape index (κ1) is 16.3. The molecule has 0 spiro atoms. The van der Waals surface area contributed by atoms with Crippen molar-refractivity contribution in [1.29, 1.82) is 0 Å². The molecule has 2 rings (SSSR count). The number of nitrogens with zero attached hydrogens (tertiary/aromatic N) is 1. The standard InChI is InChI=1S/C18H22FNO2/c1-3-21-17-8-4-15(5-9-17)14-20(2)12-13-22-18-10-6-16(19)7-11-18/h4-11H,3,12-14H2,1-2H3. The lowest BCUT2D eigenvalue weighted by molar-refractivity contribution is 0.232.